The van der Waals surface area contributed by atoms with Gasteiger partial charge in [-0.15, -0.1) is 0 Å². The quantitative estimate of drug-likeness (QED) is 0.841. The van der Waals surface area contributed by atoms with E-state index in [2.05, 4.69) is 41.7 Å². The fraction of sp³-hybridized carbons (Fsp3) is 0.294. The second-order valence-electron chi connectivity index (χ2n) is 5.33. The van der Waals surface area contributed by atoms with Crippen molar-refractivity contribution in [2.75, 3.05) is 13.7 Å². The lowest BCUT2D eigenvalue weighted by atomic mass is 9.78. The van der Waals surface area contributed by atoms with Crippen LogP contribution >= 0.6 is 0 Å². The van der Waals surface area contributed by atoms with Gasteiger partial charge in [0.05, 0.1) is 7.11 Å². The van der Waals surface area contributed by atoms with Gasteiger partial charge in [-0.05, 0) is 47.7 Å². The molecule has 2 aromatic rings. The molecule has 2 nitrogen and oxygen atoms in total. The first-order chi connectivity index (χ1) is 9.38. The molecule has 0 bridgehead atoms. The molecule has 0 radical (unpaired) electrons. The molecule has 0 aromatic heterocycles. The molecule has 96 valence electrons. The van der Waals surface area contributed by atoms with Gasteiger partial charge in [-0.1, -0.05) is 30.3 Å². The summed E-state index contributed by atoms with van der Waals surface area (Å²) in [4.78, 5) is 0. The molecule has 1 aliphatic heterocycles. The highest BCUT2D eigenvalue weighted by molar-refractivity contribution is 5.80. The smallest absolute Gasteiger partial charge is 0.126 e. The van der Waals surface area contributed by atoms with Crippen LogP contribution in [0.4, 0.5) is 0 Å². The molecule has 19 heavy (non-hydrogen) atoms. The van der Waals surface area contributed by atoms with Crippen LogP contribution in [0.3, 0.4) is 0 Å². The third kappa shape index (κ3) is 1.53. The number of fused-ring (bicyclic) bond motifs is 2. The van der Waals surface area contributed by atoms with Gasteiger partial charge in [-0.3, -0.25) is 0 Å². The van der Waals surface area contributed by atoms with Crippen molar-refractivity contribution in [3.05, 3.63) is 53.1 Å². The number of benzene rings is 2. The van der Waals surface area contributed by atoms with Crippen LogP contribution in [0.15, 0.2) is 36.4 Å². The minimum absolute atomic E-state index is 0.472. The second-order valence-corrected chi connectivity index (χ2v) is 5.33. The summed E-state index contributed by atoms with van der Waals surface area (Å²) in [6.07, 6.45) is 2.20. The fourth-order valence-electron chi connectivity index (χ4n) is 3.56. The maximum Gasteiger partial charge on any atom is 0.126 e. The summed E-state index contributed by atoms with van der Waals surface area (Å²) >= 11 is 0. The summed E-state index contributed by atoms with van der Waals surface area (Å²) in [5.41, 5.74) is 7.03. The van der Waals surface area contributed by atoms with Gasteiger partial charge in [0.1, 0.15) is 5.75 Å². The Morgan fingerprint density at radius 2 is 1.95 bits per heavy atom. The van der Waals surface area contributed by atoms with Crippen molar-refractivity contribution in [3.63, 3.8) is 0 Å². The zero-order valence-corrected chi connectivity index (χ0v) is 11.1. The standard InChI is InChI=1S/C17H17NO/c1-19-15-7-3-5-12-10-14-16-11(8-9-18-14)4-2-6-13(16)17(12)15/h2-7,14,18H,8-10H2,1H3. The minimum Gasteiger partial charge on any atom is -0.496 e. The molecule has 2 heteroatoms. The summed E-state index contributed by atoms with van der Waals surface area (Å²) in [7, 11) is 1.76. The Labute approximate surface area is 113 Å². The summed E-state index contributed by atoms with van der Waals surface area (Å²) < 4.78 is 5.58. The van der Waals surface area contributed by atoms with Crippen LogP contribution in [-0.2, 0) is 12.8 Å². The summed E-state index contributed by atoms with van der Waals surface area (Å²) in [6, 6.07) is 13.5. The van der Waals surface area contributed by atoms with Crippen molar-refractivity contribution in [1.82, 2.24) is 5.32 Å². The Hall–Kier alpha value is -1.80. The van der Waals surface area contributed by atoms with E-state index in [-0.39, 0.29) is 0 Å². The Bertz CT molecular complexity index is 648. The van der Waals surface area contributed by atoms with Crippen molar-refractivity contribution in [2.45, 2.75) is 18.9 Å². The van der Waals surface area contributed by atoms with Crippen LogP contribution in [0.5, 0.6) is 5.75 Å². The molecule has 0 amide bonds. The zero-order chi connectivity index (χ0) is 12.8. The molecule has 4 rings (SSSR count). The number of hydrogen-bond acceptors (Lipinski definition) is 2. The normalized spacial score (nSPS) is 19.5. The first-order valence-electron chi connectivity index (χ1n) is 6.90. The van der Waals surface area contributed by atoms with E-state index in [1.54, 1.807) is 7.11 Å². The molecule has 0 saturated carbocycles. The first kappa shape index (κ1) is 11.1. The Morgan fingerprint density at radius 1 is 1.11 bits per heavy atom. The fourth-order valence-corrected chi connectivity index (χ4v) is 3.56. The average Bonchev–Trinajstić information content (AvgIpc) is 2.47. The molecule has 1 atom stereocenters. The van der Waals surface area contributed by atoms with E-state index in [0.717, 1.165) is 25.1 Å². The van der Waals surface area contributed by atoms with E-state index >= 15 is 0 Å². The van der Waals surface area contributed by atoms with Gasteiger partial charge in [-0.2, -0.15) is 0 Å². The highest BCUT2D eigenvalue weighted by atomic mass is 16.5. The molecule has 0 spiro atoms. The molecule has 1 aliphatic carbocycles. The van der Waals surface area contributed by atoms with Crippen molar-refractivity contribution < 1.29 is 4.74 Å². The number of rotatable bonds is 1. The van der Waals surface area contributed by atoms with Crippen LogP contribution in [0, 0.1) is 0 Å². The second kappa shape index (κ2) is 4.10. The molecule has 2 aliphatic rings. The van der Waals surface area contributed by atoms with E-state index in [9.17, 15) is 0 Å². The molecule has 1 unspecified atom stereocenters. The molecular formula is C17H17NO. The third-order valence-corrected chi connectivity index (χ3v) is 4.36. The Morgan fingerprint density at radius 3 is 2.84 bits per heavy atom. The SMILES string of the molecule is COc1cccc2c1-c1cccc3c1C(C2)NCC3. The lowest BCUT2D eigenvalue weighted by Crippen LogP contribution is -2.33. The molecule has 0 saturated heterocycles. The van der Waals surface area contributed by atoms with E-state index in [1.165, 1.54) is 27.8 Å². The molecule has 0 fully saturated rings. The Balaban J connectivity index is 2.04. The van der Waals surface area contributed by atoms with Gasteiger partial charge in [0.2, 0.25) is 0 Å². The van der Waals surface area contributed by atoms with Gasteiger partial charge in [0.25, 0.3) is 0 Å². The zero-order valence-electron chi connectivity index (χ0n) is 11.1. The van der Waals surface area contributed by atoms with E-state index in [1.807, 2.05) is 0 Å². The summed E-state index contributed by atoms with van der Waals surface area (Å²) in [6.45, 7) is 1.08. The molecule has 2 aromatic carbocycles. The van der Waals surface area contributed by atoms with Gasteiger partial charge < -0.3 is 10.1 Å². The molecule has 1 N–H and O–H groups in total. The monoisotopic (exact) mass is 251 g/mol. The first-order valence-corrected chi connectivity index (χ1v) is 6.90. The molecular weight excluding hydrogens is 234 g/mol. The van der Waals surface area contributed by atoms with Crippen molar-refractivity contribution in [2.24, 2.45) is 0 Å². The topological polar surface area (TPSA) is 21.3 Å². The number of ether oxygens (including phenoxy) is 1. The van der Waals surface area contributed by atoms with Gasteiger partial charge >= 0.3 is 0 Å². The van der Waals surface area contributed by atoms with Crippen LogP contribution in [0.1, 0.15) is 22.7 Å². The molecule has 1 heterocycles. The van der Waals surface area contributed by atoms with Crippen molar-refractivity contribution >= 4 is 0 Å². The van der Waals surface area contributed by atoms with Crippen LogP contribution < -0.4 is 10.1 Å². The van der Waals surface area contributed by atoms with Gasteiger partial charge in [0, 0.05) is 11.6 Å². The van der Waals surface area contributed by atoms with E-state index in [4.69, 9.17) is 4.74 Å². The highest BCUT2D eigenvalue weighted by Crippen LogP contribution is 2.45. The predicted octanol–water partition coefficient (Wildman–Crippen LogP) is 3.11. The average molecular weight is 251 g/mol. The summed E-state index contributed by atoms with van der Waals surface area (Å²) in [5, 5.41) is 3.65. The number of methoxy groups -OCH3 is 1. The van der Waals surface area contributed by atoms with Crippen molar-refractivity contribution in [3.8, 4) is 16.9 Å². The third-order valence-electron chi connectivity index (χ3n) is 4.36. The number of nitrogens with one attached hydrogen (secondary N) is 1. The lowest BCUT2D eigenvalue weighted by molar-refractivity contribution is 0.414. The minimum atomic E-state index is 0.472. The lowest BCUT2D eigenvalue weighted by Gasteiger charge is -2.34. The van der Waals surface area contributed by atoms with Crippen LogP contribution in [0.25, 0.3) is 11.1 Å². The van der Waals surface area contributed by atoms with E-state index < -0.39 is 0 Å². The maximum atomic E-state index is 5.58. The maximum absolute atomic E-state index is 5.58. The van der Waals surface area contributed by atoms with Gasteiger partial charge in [0.15, 0.2) is 0 Å². The number of hydrogen-bond donors (Lipinski definition) is 1. The van der Waals surface area contributed by atoms with Crippen LogP contribution in [-0.4, -0.2) is 13.7 Å². The highest BCUT2D eigenvalue weighted by Gasteiger charge is 2.30. The van der Waals surface area contributed by atoms with Crippen LogP contribution in [0.2, 0.25) is 0 Å². The Kier molecular flexibility index (Phi) is 2.39. The van der Waals surface area contributed by atoms with Gasteiger partial charge in [-0.25, -0.2) is 0 Å². The predicted molar refractivity (Wildman–Crippen MR) is 76.6 cm³/mol. The summed E-state index contributed by atoms with van der Waals surface area (Å²) in [5.74, 6) is 0.995. The van der Waals surface area contributed by atoms with E-state index in [0.29, 0.717) is 6.04 Å². The largest absolute Gasteiger partial charge is 0.496 e. The van der Waals surface area contributed by atoms with Crippen molar-refractivity contribution in [1.29, 1.82) is 0 Å².